The molecule has 0 heterocycles. The predicted octanol–water partition coefficient (Wildman–Crippen LogP) is 2.78. The molecule has 0 spiro atoms. The summed E-state index contributed by atoms with van der Waals surface area (Å²) in [5.41, 5.74) is 1.35. The third-order valence-electron chi connectivity index (χ3n) is 3.62. The minimum absolute atomic E-state index is 0.174. The van der Waals surface area contributed by atoms with Gasteiger partial charge in [-0.05, 0) is 31.9 Å². The highest BCUT2D eigenvalue weighted by molar-refractivity contribution is 5.95. The zero-order valence-corrected chi connectivity index (χ0v) is 14.0. The molecule has 0 fully saturated rings. The van der Waals surface area contributed by atoms with Crippen molar-refractivity contribution in [3.05, 3.63) is 23.3 Å². The lowest BCUT2D eigenvalue weighted by molar-refractivity contribution is -0.137. The number of aliphatic carboxylic acids is 1. The first-order valence-corrected chi connectivity index (χ1v) is 7.72. The number of carbonyl (C=O) groups excluding carboxylic acids is 1. The molecule has 0 aromatic heterocycles. The Balaban J connectivity index is 2.44. The van der Waals surface area contributed by atoms with Crippen molar-refractivity contribution >= 4 is 11.9 Å². The van der Waals surface area contributed by atoms with E-state index in [9.17, 15) is 9.59 Å². The predicted molar refractivity (Wildman–Crippen MR) is 87.3 cm³/mol. The van der Waals surface area contributed by atoms with Crippen LogP contribution in [-0.2, 0) is 4.79 Å². The second kappa shape index (κ2) is 9.71. The molecule has 0 aliphatic heterocycles. The molecule has 6 nitrogen and oxygen atoms in total. The lowest BCUT2D eigenvalue weighted by atomic mass is 10.1. The van der Waals surface area contributed by atoms with Crippen molar-refractivity contribution in [2.75, 3.05) is 20.8 Å². The molecular weight excluding hydrogens is 298 g/mol. The molecule has 1 aromatic rings. The Labute approximate surface area is 136 Å². The Bertz CT molecular complexity index is 517. The van der Waals surface area contributed by atoms with E-state index in [1.165, 1.54) is 0 Å². The normalized spacial score (nSPS) is 10.2. The number of unbranched alkanes of at least 4 members (excludes halogenated alkanes) is 3. The van der Waals surface area contributed by atoms with E-state index in [2.05, 4.69) is 5.32 Å². The highest BCUT2D eigenvalue weighted by Gasteiger charge is 2.13. The number of nitrogens with one attached hydrogen (secondary N) is 1. The first-order valence-electron chi connectivity index (χ1n) is 7.72. The summed E-state index contributed by atoms with van der Waals surface area (Å²) < 4.78 is 10.5. The number of rotatable bonds is 10. The van der Waals surface area contributed by atoms with E-state index < -0.39 is 5.97 Å². The Morgan fingerprint density at radius 1 is 1.04 bits per heavy atom. The quantitative estimate of drug-likeness (QED) is 0.647. The molecule has 1 amide bonds. The van der Waals surface area contributed by atoms with Crippen molar-refractivity contribution in [2.24, 2.45) is 0 Å². The van der Waals surface area contributed by atoms with Crippen LogP contribution >= 0.6 is 0 Å². The van der Waals surface area contributed by atoms with Gasteiger partial charge in [-0.3, -0.25) is 9.59 Å². The van der Waals surface area contributed by atoms with Crippen LogP contribution in [0.25, 0.3) is 0 Å². The van der Waals surface area contributed by atoms with Gasteiger partial charge < -0.3 is 19.9 Å². The largest absolute Gasteiger partial charge is 0.496 e. The van der Waals surface area contributed by atoms with Gasteiger partial charge in [0.15, 0.2) is 0 Å². The van der Waals surface area contributed by atoms with Crippen molar-refractivity contribution < 1.29 is 24.2 Å². The van der Waals surface area contributed by atoms with Crippen LogP contribution in [0.1, 0.15) is 48.0 Å². The van der Waals surface area contributed by atoms with Crippen molar-refractivity contribution in [2.45, 2.75) is 39.0 Å². The molecule has 0 bridgehead atoms. The summed E-state index contributed by atoms with van der Waals surface area (Å²) in [5.74, 6) is 0.291. The molecule has 0 saturated heterocycles. The maximum atomic E-state index is 12.2. The zero-order valence-electron chi connectivity index (χ0n) is 14.0. The van der Waals surface area contributed by atoms with E-state index in [1.807, 2.05) is 6.92 Å². The Hall–Kier alpha value is -2.24. The van der Waals surface area contributed by atoms with Crippen LogP contribution in [-0.4, -0.2) is 37.7 Å². The van der Waals surface area contributed by atoms with E-state index in [1.54, 1.807) is 26.4 Å². The van der Waals surface area contributed by atoms with Crippen LogP contribution in [0.3, 0.4) is 0 Å². The number of carbonyl (C=O) groups is 2. The van der Waals surface area contributed by atoms with E-state index in [0.717, 1.165) is 24.8 Å². The number of hydrogen-bond acceptors (Lipinski definition) is 4. The third kappa shape index (κ3) is 6.18. The van der Waals surface area contributed by atoms with E-state index in [-0.39, 0.29) is 12.3 Å². The molecule has 128 valence electrons. The number of methoxy groups -OCH3 is 2. The molecule has 2 N–H and O–H groups in total. The van der Waals surface area contributed by atoms with Gasteiger partial charge in [-0.25, -0.2) is 0 Å². The highest BCUT2D eigenvalue weighted by Crippen LogP contribution is 2.29. The fraction of sp³-hybridized carbons (Fsp3) is 0.529. The van der Waals surface area contributed by atoms with Crippen molar-refractivity contribution in [3.63, 3.8) is 0 Å². The van der Waals surface area contributed by atoms with Gasteiger partial charge in [-0.1, -0.05) is 12.8 Å². The van der Waals surface area contributed by atoms with Crippen molar-refractivity contribution in [3.8, 4) is 11.5 Å². The summed E-state index contributed by atoms with van der Waals surface area (Å²) in [6, 6.07) is 3.39. The van der Waals surface area contributed by atoms with Gasteiger partial charge in [0.1, 0.15) is 11.5 Å². The van der Waals surface area contributed by atoms with Crippen molar-refractivity contribution in [1.82, 2.24) is 5.32 Å². The molecule has 23 heavy (non-hydrogen) atoms. The number of benzene rings is 1. The lowest BCUT2D eigenvalue weighted by Gasteiger charge is -2.12. The number of carboxylic acids is 1. The van der Waals surface area contributed by atoms with Crippen LogP contribution in [0.5, 0.6) is 11.5 Å². The summed E-state index contributed by atoms with van der Waals surface area (Å²) in [7, 11) is 3.11. The molecule has 0 unspecified atom stereocenters. The fourth-order valence-corrected chi connectivity index (χ4v) is 2.28. The van der Waals surface area contributed by atoms with Gasteiger partial charge in [0, 0.05) is 24.1 Å². The summed E-state index contributed by atoms with van der Waals surface area (Å²) in [6.07, 6.45) is 3.46. The molecule has 0 radical (unpaired) electrons. The number of carboxylic acid groups (broad SMARTS) is 1. The Morgan fingerprint density at radius 2 is 1.61 bits per heavy atom. The molecule has 1 rings (SSSR count). The summed E-state index contributed by atoms with van der Waals surface area (Å²) in [5, 5.41) is 11.4. The van der Waals surface area contributed by atoms with Crippen LogP contribution in [0.4, 0.5) is 0 Å². The van der Waals surface area contributed by atoms with Gasteiger partial charge in [-0.15, -0.1) is 0 Å². The van der Waals surface area contributed by atoms with E-state index >= 15 is 0 Å². The molecule has 0 saturated carbocycles. The van der Waals surface area contributed by atoms with Gasteiger partial charge in [0.25, 0.3) is 5.91 Å². The summed E-state index contributed by atoms with van der Waals surface area (Å²) in [4.78, 5) is 22.6. The number of amides is 1. The molecule has 0 aliphatic carbocycles. The van der Waals surface area contributed by atoms with E-state index in [0.29, 0.717) is 30.0 Å². The highest BCUT2D eigenvalue weighted by atomic mass is 16.5. The van der Waals surface area contributed by atoms with Crippen LogP contribution in [0.15, 0.2) is 12.1 Å². The van der Waals surface area contributed by atoms with Crippen molar-refractivity contribution in [1.29, 1.82) is 0 Å². The molecule has 0 atom stereocenters. The minimum atomic E-state index is -0.763. The molecule has 0 aliphatic rings. The number of hydrogen-bond donors (Lipinski definition) is 2. The topological polar surface area (TPSA) is 84.9 Å². The maximum Gasteiger partial charge on any atom is 0.303 e. The second-order valence-corrected chi connectivity index (χ2v) is 5.32. The molecular formula is C17H25NO5. The van der Waals surface area contributed by atoms with Crippen LogP contribution < -0.4 is 14.8 Å². The van der Waals surface area contributed by atoms with Crippen LogP contribution in [0, 0.1) is 6.92 Å². The lowest BCUT2D eigenvalue weighted by Crippen LogP contribution is -2.24. The summed E-state index contributed by atoms with van der Waals surface area (Å²) in [6.45, 7) is 2.43. The molecule has 1 aromatic carbocycles. The zero-order chi connectivity index (χ0) is 17.2. The van der Waals surface area contributed by atoms with Gasteiger partial charge in [0.2, 0.25) is 0 Å². The SMILES string of the molecule is COc1cc(C(=O)NCCCCCCC(=O)O)cc(OC)c1C. The monoisotopic (exact) mass is 323 g/mol. The smallest absolute Gasteiger partial charge is 0.303 e. The Kier molecular flexibility index (Phi) is 7.94. The average Bonchev–Trinajstić information content (AvgIpc) is 2.53. The summed E-state index contributed by atoms with van der Waals surface area (Å²) >= 11 is 0. The van der Waals surface area contributed by atoms with Gasteiger partial charge in [0.05, 0.1) is 14.2 Å². The van der Waals surface area contributed by atoms with Crippen LogP contribution in [0.2, 0.25) is 0 Å². The van der Waals surface area contributed by atoms with E-state index in [4.69, 9.17) is 14.6 Å². The fourth-order valence-electron chi connectivity index (χ4n) is 2.28. The van der Waals surface area contributed by atoms with Gasteiger partial charge >= 0.3 is 5.97 Å². The first-order chi connectivity index (χ1) is 11.0. The maximum absolute atomic E-state index is 12.2. The average molecular weight is 323 g/mol. The Morgan fingerprint density at radius 3 is 2.13 bits per heavy atom. The van der Waals surface area contributed by atoms with Gasteiger partial charge in [-0.2, -0.15) is 0 Å². The third-order valence-corrected chi connectivity index (χ3v) is 3.62. The second-order valence-electron chi connectivity index (χ2n) is 5.32. The number of ether oxygens (including phenoxy) is 2. The first kappa shape index (κ1) is 18.8. The molecule has 6 heteroatoms. The minimum Gasteiger partial charge on any atom is -0.496 e. The standard InChI is InChI=1S/C17H25NO5/c1-12-14(22-2)10-13(11-15(12)23-3)17(21)18-9-7-5-4-6-8-16(19)20/h10-11H,4-9H2,1-3H3,(H,18,21)(H,19,20).